The summed E-state index contributed by atoms with van der Waals surface area (Å²) in [5.41, 5.74) is 3.28. The maximum absolute atomic E-state index is 12.5. The Hall–Kier alpha value is -3.91. The molecule has 0 unspecified atom stereocenters. The lowest BCUT2D eigenvalue weighted by Crippen LogP contribution is -2.70. The minimum absolute atomic E-state index is 0.164. The summed E-state index contributed by atoms with van der Waals surface area (Å²) >= 11 is 0. The van der Waals surface area contributed by atoms with Crippen LogP contribution in [-0.2, 0) is 0 Å². The molecule has 1 aromatic carbocycles. The zero-order chi connectivity index (χ0) is 22.7. The first-order chi connectivity index (χ1) is 15.3. The number of nitrogens with zero attached hydrogens (tertiary/aromatic N) is 4. The fraction of sp³-hybridized carbons (Fsp3) is 0.375. The molecule has 1 aliphatic heterocycles. The van der Waals surface area contributed by atoms with Crippen molar-refractivity contribution in [3.05, 3.63) is 46.2 Å². The van der Waals surface area contributed by atoms with E-state index in [0.717, 1.165) is 36.0 Å². The number of aryl methyl sites for hydroxylation is 2. The lowest BCUT2D eigenvalue weighted by Gasteiger charge is -2.66. The summed E-state index contributed by atoms with van der Waals surface area (Å²) in [6.45, 7) is 5.74. The van der Waals surface area contributed by atoms with Gasteiger partial charge < -0.3 is 15.4 Å². The molecule has 0 spiro atoms. The Morgan fingerprint density at radius 3 is 2.53 bits per heavy atom. The first-order valence-corrected chi connectivity index (χ1v) is 10.5. The summed E-state index contributed by atoms with van der Waals surface area (Å²) in [5.74, 6) is 1.10. The zero-order valence-corrected chi connectivity index (χ0v) is 18.1. The van der Waals surface area contributed by atoms with Crippen LogP contribution in [0.1, 0.15) is 65.0 Å². The molecule has 3 saturated carbocycles. The van der Waals surface area contributed by atoms with Crippen LogP contribution in [0, 0.1) is 41.9 Å². The van der Waals surface area contributed by atoms with Gasteiger partial charge in [-0.1, -0.05) is 0 Å². The number of carbonyl (C=O) groups excluding carboxylic acids is 1. The number of fused-ring (bicyclic) bond motifs is 1. The first kappa shape index (κ1) is 20.0. The van der Waals surface area contributed by atoms with Gasteiger partial charge in [-0.05, 0) is 74.9 Å². The molecule has 6 rings (SSSR count). The molecule has 3 aliphatic carbocycles. The number of allylic oxidation sites excluding steroid dienone is 1. The van der Waals surface area contributed by atoms with Crippen LogP contribution in [0.25, 0.3) is 6.08 Å². The third kappa shape index (κ3) is 2.99. The van der Waals surface area contributed by atoms with Gasteiger partial charge in [0, 0.05) is 11.6 Å². The van der Waals surface area contributed by atoms with Crippen molar-refractivity contribution in [2.75, 3.05) is 5.32 Å². The maximum atomic E-state index is 12.5. The number of benzene rings is 1. The molecule has 8 nitrogen and oxygen atoms in total. The van der Waals surface area contributed by atoms with Crippen molar-refractivity contribution in [2.45, 2.75) is 51.6 Å². The number of rotatable bonds is 5. The Morgan fingerprint density at radius 1 is 1.22 bits per heavy atom. The summed E-state index contributed by atoms with van der Waals surface area (Å²) in [6.07, 6.45) is 5.49. The Morgan fingerprint density at radius 2 is 1.91 bits per heavy atom. The minimum atomic E-state index is -0.267. The van der Waals surface area contributed by atoms with Crippen molar-refractivity contribution in [1.82, 2.24) is 15.3 Å². The molecule has 4 aliphatic rings. The number of hydrogen-bond acceptors (Lipinski definition) is 7. The number of nitrogens with one attached hydrogen (secondary N) is 2. The van der Waals surface area contributed by atoms with Crippen molar-refractivity contribution in [3.8, 4) is 23.8 Å². The summed E-state index contributed by atoms with van der Waals surface area (Å²) in [4.78, 5) is 21.6. The van der Waals surface area contributed by atoms with Gasteiger partial charge in [0.05, 0.1) is 29.2 Å². The number of hydrogen-bond donors (Lipinski definition) is 2. The third-order valence-corrected chi connectivity index (χ3v) is 6.58. The van der Waals surface area contributed by atoms with E-state index in [-0.39, 0.29) is 22.9 Å². The monoisotopic (exact) mass is 426 g/mol. The van der Waals surface area contributed by atoms with Gasteiger partial charge in [0.2, 0.25) is 11.8 Å². The molecule has 3 fully saturated rings. The molecule has 8 heteroatoms. The predicted octanol–water partition coefficient (Wildman–Crippen LogP) is 4.09. The smallest absolute Gasteiger partial charge is 0.271 e. The molecule has 2 heterocycles. The van der Waals surface area contributed by atoms with Crippen LogP contribution in [0.15, 0.2) is 18.2 Å². The van der Waals surface area contributed by atoms with Crippen molar-refractivity contribution in [1.29, 1.82) is 10.5 Å². The molecule has 32 heavy (non-hydrogen) atoms. The van der Waals surface area contributed by atoms with E-state index in [1.54, 1.807) is 6.08 Å². The molecule has 2 aromatic rings. The molecule has 0 saturated heterocycles. The predicted molar refractivity (Wildman–Crippen MR) is 117 cm³/mol. The van der Waals surface area contributed by atoms with Gasteiger partial charge in [0.15, 0.2) is 0 Å². The van der Waals surface area contributed by atoms with Crippen LogP contribution >= 0.6 is 0 Å². The number of aromatic nitrogens is 2. The Bertz CT molecular complexity index is 1240. The van der Waals surface area contributed by atoms with E-state index in [1.165, 1.54) is 6.08 Å². The highest BCUT2D eigenvalue weighted by molar-refractivity contribution is 5.98. The molecular weight excluding hydrogens is 404 g/mol. The standard InChI is InChI=1S/C24H22N6O2/c1-13-7-16(5-4-6-25)8-14(2)19(13)32-21-17-15(3)27-20(31)18(17)28-22(29-21)30-24-9-23(10-24,11-24)12-26/h4-5,7-8,15H,9-11H2,1-3H3,(H,27,31)(H,28,29,30)/b5-4+/t15-,23?,24?/m1/s1. The van der Waals surface area contributed by atoms with E-state index in [2.05, 4.69) is 26.7 Å². The Labute approximate surface area is 185 Å². The largest absolute Gasteiger partial charge is 0.438 e. The minimum Gasteiger partial charge on any atom is -0.438 e. The molecule has 0 radical (unpaired) electrons. The number of carbonyl (C=O) groups is 1. The van der Waals surface area contributed by atoms with Gasteiger partial charge in [-0.3, -0.25) is 4.79 Å². The van der Waals surface area contributed by atoms with Gasteiger partial charge in [-0.25, -0.2) is 4.98 Å². The van der Waals surface area contributed by atoms with Crippen LogP contribution in [0.2, 0.25) is 0 Å². The molecule has 2 bridgehead atoms. The topological polar surface area (TPSA) is 124 Å². The van der Waals surface area contributed by atoms with Crippen LogP contribution in [0.5, 0.6) is 11.6 Å². The summed E-state index contributed by atoms with van der Waals surface area (Å²) in [7, 11) is 0. The molecular formula is C24H22N6O2. The number of ether oxygens (including phenoxy) is 1. The van der Waals surface area contributed by atoms with Crippen LogP contribution < -0.4 is 15.4 Å². The van der Waals surface area contributed by atoms with Gasteiger partial charge in [0.1, 0.15) is 11.4 Å². The van der Waals surface area contributed by atoms with Gasteiger partial charge in [-0.2, -0.15) is 15.5 Å². The van der Waals surface area contributed by atoms with E-state index >= 15 is 0 Å². The third-order valence-electron chi connectivity index (χ3n) is 6.58. The van der Waals surface area contributed by atoms with Crippen molar-refractivity contribution < 1.29 is 9.53 Å². The Kier molecular flexibility index (Phi) is 4.25. The number of amides is 1. The average Bonchev–Trinajstić information content (AvgIpc) is 2.98. The lowest BCUT2D eigenvalue weighted by molar-refractivity contribution is -0.0665. The van der Waals surface area contributed by atoms with Crippen LogP contribution in [-0.4, -0.2) is 21.4 Å². The van der Waals surface area contributed by atoms with E-state index in [0.29, 0.717) is 28.8 Å². The maximum Gasteiger partial charge on any atom is 0.271 e. The lowest BCUT2D eigenvalue weighted by atomic mass is 9.40. The van der Waals surface area contributed by atoms with Crippen molar-refractivity contribution in [3.63, 3.8) is 0 Å². The second kappa shape index (κ2) is 6.80. The normalized spacial score (nSPS) is 26.9. The van der Waals surface area contributed by atoms with Gasteiger partial charge >= 0.3 is 0 Å². The van der Waals surface area contributed by atoms with E-state index in [9.17, 15) is 10.1 Å². The van der Waals surface area contributed by atoms with E-state index in [1.807, 2.05) is 39.0 Å². The fourth-order valence-electron chi connectivity index (χ4n) is 5.23. The number of nitriles is 2. The molecule has 1 atom stereocenters. The highest BCUT2D eigenvalue weighted by Crippen LogP contribution is 2.67. The van der Waals surface area contributed by atoms with Crippen LogP contribution in [0.3, 0.4) is 0 Å². The van der Waals surface area contributed by atoms with Crippen molar-refractivity contribution >= 4 is 17.9 Å². The van der Waals surface area contributed by atoms with E-state index < -0.39 is 0 Å². The quantitative estimate of drug-likeness (QED) is 0.690. The Balaban J connectivity index is 1.50. The number of anilines is 1. The summed E-state index contributed by atoms with van der Waals surface area (Å²) in [6, 6.07) is 8.00. The second-order valence-corrected chi connectivity index (χ2v) is 9.19. The highest BCUT2D eigenvalue weighted by Gasteiger charge is 2.69. The molecule has 1 aromatic heterocycles. The second-order valence-electron chi connectivity index (χ2n) is 9.19. The van der Waals surface area contributed by atoms with Crippen molar-refractivity contribution in [2.24, 2.45) is 5.41 Å². The zero-order valence-electron chi connectivity index (χ0n) is 18.1. The highest BCUT2D eigenvalue weighted by atomic mass is 16.5. The fourth-order valence-corrected chi connectivity index (χ4v) is 5.23. The SMILES string of the molecule is Cc1cc(/C=C/C#N)cc(C)c1Oc1nc(NC23CC(C#N)(C2)C3)nc2c1[C@@H](C)NC2=O. The first-order valence-electron chi connectivity index (χ1n) is 10.5. The molecule has 160 valence electrons. The van der Waals surface area contributed by atoms with Gasteiger partial charge in [0.25, 0.3) is 5.91 Å². The van der Waals surface area contributed by atoms with Crippen LogP contribution in [0.4, 0.5) is 5.95 Å². The molecule has 1 amide bonds. The molecule has 2 N–H and O–H groups in total. The average molecular weight is 426 g/mol. The summed E-state index contributed by atoms with van der Waals surface area (Å²) < 4.78 is 6.30. The van der Waals surface area contributed by atoms with Gasteiger partial charge in [-0.15, -0.1) is 0 Å². The summed E-state index contributed by atoms with van der Waals surface area (Å²) in [5, 5.41) is 24.3. The van der Waals surface area contributed by atoms with E-state index in [4.69, 9.17) is 10.00 Å².